The molecule has 0 aliphatic heterocycles. The van der Waals surface area contributed by atoms with E-state index in [-0.39, 0.29) is 17.6 Å². The van der Waals surface area contributed by atoms with Crippen LogP contribution >= 0.6 is 0 Å². The molecule has 38 valence electrons. The molecule has 0 fully saturated rings. The lowest BCUT2D eigenvalue weighted by Gasteiger charge is -1.78. The van der Waals surface area contributed by atoms with Crippen LogP contribution in [0.25, 0.3) is 0 Å². The molecule has 0 saturated carbocycles. The maximum atomic E-state index is 7.03. The molecule has 0 aliphatic carbocycles. The number of H-pyrrole nitrogens is 1. The minimum atomic E-state index is -2.33. The molecule has 0 bridgehead atoms. The van der Waals surface area contributed by atoms with Crippen LogP contribution in [-0.4, -0.2) is 10.2 Å². The van der Waals surface area contributed by atoms with Gasteiger partial charge < -0.3 is 5.73 Å². The van der Waals surface area contributed by atoms with E-state index in [0.717, 1.165) is 0 Å². The molecule has 0 spiro atoms. The second-order valence-corrected chi connectivity index (χ2v) is 1.11. The smallest absolute Gasteiger partial charge is 0.0856 e. The van der Waals surface area contributed by atoms with Gasteiger partial charge in [-0.2, -0.15) is 5.10 Å². The first-order valence-electron chi connectivity index (χ1n) is 3.74. The van der Waals surface area contributed by atoms with Crippen molar-refractivity contribution in [2.24, 2.45) is 0 Å². The number of nitrogens with two attached hydrogens (primary N) is 1. The van der Waals surface area contributed by atoms with Crippen molar-refractivity contribution < 1.29 is 5.48 Å². The molecule has 0 aromatic carbocycles. The quantitative estimate of drug-likeness (QED) is 0.494. The third-order valence-electron chi connectivity index (χ3n) is 0.613. The molecule has 0 aliphatic rings. The Balaban J connectivity index is 3.15. The van der Waals surface area contributed by atoms with Crippen LogP contribution in [0.4, 0.5) is 5.69 Å². The molecule has 1 aromatic heterocycles. The van der Waals surface area contributed by atoms with Crippen LogP contribution in [0.5, 0.6) is 0 Å². The molecule has 3 nitrogen and oxygen atoms in total. The highest BCUT2D eigenvalue weighted by atomic mass is 15.1. The highest BCUT2D eigenvalue weighted by Gasteiger charge is 1.88. The van der Waals surface area contributed by atoms with E-state index in [4.69, 9.17) is 11.2 Å². The van der Waals surface area contributed by atoms with Gasteiger partial charge in [-0.05, 0) is 6.85 Å². The van der Waals surface area contributed by atoms with Crippen LogP contribution < -0.4 is 5.73 Å². The Morgan fingerprint density at radius 1 is 2.29 bits per heavy atom. The lowest BCUT2D eigenvalue weighted by molar-refractivity contribution is 1.05. The minimum absolute atomic E-state index is 0.106. The van der Waals surface area contributed by atoms with Crippen LogP contribution in [0, 0.1) is 6.85 Å². The van der Waals surface area contributed by atoms with Gasteiger partial charge in [0.2, 0.25) is 0 Å². The topological polar surface area (TPSA) is 54.7 Å². The van der Waals surface area contributed by atoms with Gasteiger partial charge in [0.15, 0.2) is 0 Å². The van der Waals surface area contributed by atoms with Crippen molar-refractivity contribution in [1.82, 2.24) is 10.2 Å². The Morgan fingerprint density at radius 2 is 3.14 bits per heavy atom. The molecular formula is C4H7N3. The summed E-state index contributed by atoms with van der Waals surface area (Å²) in [5, 5.41) is 5.56. The lowest BCUT2D eigenvalue weighted by Crippen LogP contribution is -1.82. The number of aryl methyl sites for hydroxylation is 1. The van der Waals surface area contributed by atoms with Gasteiger partial charge >= 0.3 is 0 Å². The summed E-state index contributed by atoms with van der Waals surface area (Å²) in [6, 6.07) is 0. The first-order valence-corrected chi connectivity index (χ1v) is 1.74. The Bertz CT molecular complexity index is 263. The third-order valence-corrected chi connectivity index (χ3v) is 0.613. The molecule has 0 unspecified atom stereocenters. The Hall–Kier alpha value is -0.990. The van der Waals surface area contributed by atoms with Gasteiger partial charge in [0.25, 0.3) is 0 Å². The molecule has 1 aromatic rings. The van der Waals surface area contributed by atoms with Crippen LogP contribution in [0.2, 0.25) is 0 Å². The summed E-state index contributed by atoms with van der Waals surface area (Å²) in [4.78, 5) is 0. The largest absolute Gasteiger partial charge is 0.396 e. The number of anilines is 1. The Kier molecular flexibility index (Phi) is 0.270. The number of nitrogens with zero attached hydrogens (tertiary/aromatic N) is 1. The van der Waals surface area contributed by atoms with E-state index < -0.39 is 6.85 Å². The van der Waals surface area contributed by atoms with Gasteiger partial charge in [-0.3, -0.25) is 5.10 Å². The van der Waals surface area contributed by atoms with Crippen LogP contribution in [0.15, 0.2) is 6.17 Å². The van der Waals surface area contributed by atoms with E-state index >= 15 is 0 Å². The summed E-state index contributed by atoms with van der Waals surface area (Å²) in [5.74, 6) is 0. The number of nitrogens with one attached hydrogen (secondary N) is 1. The number of hydrogen-bond donors (Lipinski definition) is 2. The standard InChI is InChI=1S/C4H7N3/c1-3-4(5)2-6-7-3/h2H,5H2,1H3,(H,6,7)/i1D3,2D. The molecular weight excluding hydrogens is 90.1 g/mol. The monoisotopic (exact) mass is 101 g/mol. The maximum absolute atomic E-state index is 7.03. The van der Waals surface area contributed by atoms with Crippen molar-refractivity contribution in [1.29, 1.82) is 0 Å². The molecule has 3 heteroatoms. The summed E-state index contributed by atoms with van der Waals surface area (Å²) in [6.07, 6.45) is -0.156. The van der Waals surface area contributed by atoms with Crippen molar-refractivity contribution in [3.63, 3.8) is 0 Å². The minimum Gasteiger partial charge on any atom is -0.396 e. The van der Waals surface area contributed by atoms with Gasteiger partial charge in [-0.1, -0.05) is 0 Å². The van der Waals surface area contributed by atoms with Gasteiger partial charge in [-0.15, -0.1) is 0 Å². The Labute approximate surface area is 47.2 Å². The van der Waals surface area contributed by atoms with Gasteiger partial charge in [0.05, 0.1) is 12.8 Å². The summed E-state index contributed by atoms with van der Waals surface area (Å²) in [5.41, 5.74) is 4.91. The summed E-state index contributed by atoms with van der Waals surface area (Å²) < 4.78 is 27.8. The fourth-order valence-corrected chi connectivity index (χ4v) is 0.264. The van der Waals surface area contributed by atoms with Crippen molar-refractivity contribution >= 4 is 5.69 Å². The predicted octanol–water partition coefficient (Wildman–Crippen LogP) is 0.300. The van der Waals surface area contributed by atoms with Crippen molar-refractivity contribution in [3.8, 4) is 0 Å². The highest BCUT2D eigenvalue weighted by molar-refractivity contribution is 5.38. The number of rotatable bonds is 0. The average Bonchev–Trinajstić information content (AvgIpc) is 2.11. The van der Waals surface area contributed by atoms with E-state index in [1.165, 1.54) is 0 Å². The van der Waals surface area contributed by atoms with E-state index in [9.17, 15) is 0 Å². The summed E-state index contributed by atoms with van der Waals surface area (Å²) >= 11 is 0. The van der Waals surface area contributed by atoms with E-state index in [0.29, 0.717) is 0 Å². The first kappa shape index (κ1) is 1.51. The van der Waals surface area contributed by atoms with Crippen LogP contribution in [0.3, 0.4) is 0 Å². The number of hydrogen-bond acceptors (Lipinski definition) is 2. The molecule has 0 amide bonds. The maximum Gasteiger partial charge on any atom is 0.0856 e. The molecule has 7 heavy (non-hydrogen) atoms. The second-order valence-electron chi connectivity index (χ2n) is 1.11. The average molecular weight is 101 g/mol. The van der Waals surface area contributed by atoms with Gasteiger partial charge in [0, 0.05) is 10.3 Å². The molecule has 0 saturated heterocycles. The van der Waals surface area contributed by atoms with Crippen molar-refractivity contribution in [3.05, 3.63) is 11.9 Å². The number of nitrogen functional groups attached to an aromatic ring is 1. The zero-order chi connectivity index (χ0) is 8.65. The Morgan fingerprint density at radius 3 is 3.43 bits per heavy atom. The third kappa shape index (κ3) is 0.559. The molecule has 0 atom stereocenters. The normalized spacial score (nSPS) is 19.4. The number of aromatic nitrogens is 2. The highest BCUT2D eigenvalue weighted by Crippen LogP contribution is 2.00. The fourth-order valence-electron chi connectivity index (χ4n) is 0.264. The molecule has 1 rings (SSSR count). The fraction of sp³-hybridized carbons (Fsp3) is 0.250. The predicted molar refractivity (Wildman–Crippen MR) is 27.7 cm³/mol. The van der Waals surface area contributed by atoms with E-state index in [1.807, 2.05) is 0 Å². The van der Waals surface area contributed by atoms with E-state index in [2.05, 4.69) is 10.2 Å². The molecule has 1 heterocycles. The SMILES string of the molecule is [2H]c1[nH]nc(C([2H])([2H])[2H])c1N. The zero-order valence-corrected chi connectivity index (χ0v) is 3.52. The lowest BCUT2D eigenvalue weighted by atomic mass is 10.4. The van der Waals surface area contributed by atoms with E-state index in [1.54, 1.807) is 0 Å². The summed E-state index contributed by atoms with van der Waals surface area (Å²) in [6.45, 7) is -2.33. The second kappa shape index (κ2) is 1.26. The molecule has 0 radical (unpaired) electrons. The first-order chi connectivity index (χ1) is 4.93. The van der Waals surface area contributed by atoms with Crippen molar-refractivity contribution in [2.45, 2.75) is 6.85 Å². The zero-order valence-electron chi connectivity index (χ0n) is 7.52. The van der Waals surface area contributed by atoms with Gasteiger partial charge in [0.1, 0.15) is 0 Å². The molecule has 3 N–H and O–H groups in total. The summed E-state index contributed by atoms with van der Waals surface area (Å²) in [7, 11) is 0. The van der Waals surface area contributed by atoms with Crippen LogP contribution in [-0.2, 0) is 0 Å². The van der Waals surface area contributed by atoms with Gasteiger partial charge in [-0.25, -0.2) is 0 Å². The number of aromatic amines is 1. The van der Waals surface area contributed by atoms with Crippen molar-refractivity contribution in [2.75, 3.05) is 5.73 Å². The van der Waals surface area contributed by atoms with Crippen LogP contribution in [0.1, 0.15) is 11.2 Å².